The first-order valence-corrected chi connectivity index (χ1v) is 9.81. The molecule has 27 heavy (non-hydrogen) atoms. The fourth-order valence-corrected chi connectivity index (χ4v) is 4.67. The molecule has 7 nitrogen and oxygen atoms in total. The highest BCUT2D eigenvalue weighted by Gasteiger charge is 2.33. The molecule has 1 aliphatic heterocycles. The Hall–Kier alpha value is -2.75. The molecule has 0 aliphatic carbocycles. The molecule has 3 aromatic rings. The van der Waals surface area contributed by atoms with Crippen molar-refractivity contribution in [3.05, 3.63) is 60.2 Å². The van der Waals surface area contributed by atoms with Crippen LogP contribution in [-0.4, -0.2) is 33.7 Å². The third kappa shape index (κ3) is 2.99. The van der Waals surface area contributed by atoms with Crippen molar-refractivity contribution in [3.63, 3.8) is 0 Å². The maximum atomic E-state index is 14.3. The first-order chi connectivity index (χ1) is 12.9. The fraction of sp³-hybridized carbons (Fsp3) is 0.294. The van der Waals surface area contributed by atoms with Gasteiger partial charge in [-0.1, -0.05) is 0 Å². The van der Waals surface area contributed by atoms with Gasteiger partial charge in [0.05, 0.1) is 18.6 Å². The largest absolute Gasteiger partial charge is 0.349 e. The van der Waals surface area contributed by atoms with Crippen LogP contribution >= 0.6 is 0 Å². The summed E-state index contributed by atoms with van der Waals surface area (Å²) in [6, 6.07) is 4.38. The molecular weight excluding hydrogens is 376 g/mol. The summed E-state index contributed by atoms with van der Waals surface area (Å²) >= 11 is 0. The zero-order valence-electron chi connectivity index (χ0n) is 14.5. The van der Waals surface area contributed by atoms with E-state index < -0.39 is 27.7 Å². The molecular formula is C17H17F2N5O2S. The Morgan fingerprint density at radius 3 is 2.78 bits per heavy atom. The Balaban J connectivity index is 1.77. The maximum absolute atomic E-state index is 14.3. The summed E-state index contributed by atoms with van der Waals surface area (Å²) in [5.41, 5.74) is 0.204. The van der Waals surface area contributed by atoms with E-state index in [4.69, 9.17) is 0 Å². The van der Waals surface area contributed by atoms with Crippen LogP contribution in [0.4, 0.5) is 14.6 Å². The molecule has 1 saturated heterocycles. The minimum Gasteiger partial charge on any atom is -0.349 e. The van der Waals surface area contributed by atoms with Crippen LogP contribution in [0.5, 0.6) is 0 Å². The van der Waals surface area contributed by atoms with Crippen molar-refractivity contribution in [2.45, 2.75) is 23.9 Å². The zero-order chi connectivity index (χ0) is 19.2. The standard InChI is InChI=1S/C17H17F2N5O2S/c1-22-10-16(20-11-22)27(25,26)24-17(6-7-21-24)23-8-2-3-15(23)13-9-12(18)4-5-14(13)19/h4-7,9-11,15H,2-3,8H2,1H3. The predicted octanol–water partition coefficient (Wildman–Crippen LogP) is 2.47. The Morgan fingerprint density at radius 2 is 2.04 bits per heavy atom. The molecule has 0 amide bonds. The van der Waals surface area contributed by atoms with Crippen LogP contribution in [0.3, 0.4) is 0 Å². The molecule has 142 valence electrons. The van der Waals surface area contributed by atoms with Gasteiger partial charge < -0.3 is 9.47 Å². The van der Waals surface area contributed by atoms with Gasteiger partial charge in [-0.25, -0.2) is 13.8 Å². The molecule has 1 unspecified atom stereocenters. The van der Waals surface area contributed by atoms with E-state index in [1.54, 1.807) is 18.0 Å². The second-order valence-electron chi connectivity index (χ2n) is 6.43. The molecule has 4 rings (SSSR count). The van der Waals surface area contributed by atoms with E-state index >= 15 is 0 Å². The Morgan fingerprint density at radius 1 is 1.22 bits per heavy atom. The van der Waals surface area contributed by atoms with Gasteiger partial charge in [0.2, 0.25) is 0 Å². The van der Waals surface area contributed by atoms with Crippen molar-refractivity contribution in [3.8, 4) is 0 Å². The first-order valence-electron chi connectivity index (χ1n) is 8.37. The number of rotatable bonds is 4. The summed E-state index contributed by atoms with van der Waals surface area (Å²) in [6.07, 6.45) is 5.43. The minimum absolute atomic E-state index is 0.136. The molecule has 0 saturated carbocycles. The predicted molar refractivity (Wildman–Crippen MR) is 93.7 cm³/mol. The van der Waals surface area contributed by atoms with Crippen molar-refractivity contribution in [1.82, 2.24) is 18.7 Å². The molecule has 3 heterocycles. The van der Waals surface area contributed by atoms with Crippen molar-refractivity contribution in [2.75, 3.05) is 11.4 Å². The number of hydrogen-bond acceptors (Lipinski definition) is 5. The summed E-state index contributed by atoms with van der Waals surface area (Å²) in [6.45, 7) is 0.504. The molecule has 0 N–H and O–H groups in total. The quantitative estimate of drug-likeness (QED) is 0.681. The van der Waals surface area contributed by atoms with Crippen LogP contribution in [0.1, 0.15) is 24.4 Å². The lowest BCUT2D eigenvalue weighted by Gasteiger charge is -2.27. The molecule has 1 aromatic carbocycles. The van der Waals surface area contributed by atoms with Crippen LogP contribution in [0, 0.1) is 11.6 Å². The third-order valence-corrected chi connectivity index (χ3v) is 6.10. The lowest BCUT2D eigenvalue weighted by Crippen LogP contribution is -2.28. The second-order valence-corrected chi connectivity index (χ2v) is 8.15. The summed E-state index contributed by atoms with van der Waals surface area (Å²) < 4.78 is 56.2. The summed E-state index contributed by atoms with van der Waals surface area (Å²) in [7, 11) is -2.34. The Kier molecular flexibility index (Phi) is 4.22. The molecule has 0 spiro atoms. The lowest BCUT2D eigenvalue weighted by atomic mass is 10.0. The zero-order valence-corrected chi connectivity index (χ0v) is 15.3. The summed E-state index contributed by atoms with van der Waals surface area (Å²) in [5, 5.41) is 3.82. The van der Waals surface area contributed by atoms with Gasteiger partial charge in [-0.15, -0.1) is 4.09 Å². The van der Waals surface area contributed by atoms with Crippen molar-refractivity contribution < 1.29 is 17.2 Å². The van der Waals surface area contributed by atoms with E-state index in [9.17, 15) is 17.2 Å². The topological polar surface area (TPSA) is 73.0 Å². The van der Waals surface area contributed by atoms with Crippen molar-refractivity contribution in [2.24, 2.45) is 7.05 Å². The van der Waals surface area contributed by atoms with Gasteiger partial charge in [0.25, 0.3) is 0 Å². The number of hydrogen-bond donors (Lipinski definition) is 0. The maximum Gasteiger partial charge on any atom is 0.303 e. The van der Waals surface area contributed by atoms with Gasteiger partial charge in [0, 0.05) is 31.4 Å². The molecule has 10 heteroatoms. The molecule has 1 atom stereocenters. The number of halogens is 2. The van der Waals surface area contributed by atoms with E-state index in [-0.39, 0.29) is 10.6 Å². The Labute approximate surface area is 154 Å². The highest BCUT2D eigenvalue weighted by Crippen LogP contribution is 2.38. The summed E-state index contributed by atoms with van der Waals surface area (Å²) in [4.78, 5) is 5.64. The highest BCUT2D eigenvalue weighted by atomic mass is 32.2. The van der Waals surface area contributed by atoms with Crippen LogP contribution < -0.4 is 4.90 Å². The SMILES string of the molecule is Cn1cnc(S(=O)(=O)n2nccc2N2CCCC2c2cc(F)ccc2F)c1. The van der Waals surface area contributed by atoms with Gasteiger partial charge in [-0.2, -0.15) is 13.5 Å². The van der Waals surface area contributed by atoms with E-state index in [2.05, 4.69) is 10.1 Å². The van der Waals surface area contributed by atoms with E-state index in [1.807, 2.05) is 0 Å². The van der Waals surface area contributed by atoms with Gasteiger partial charge in [0.1, 0.15) is 17.5 Å². The smallest absolute Gasteiger partial charge is 0.303 e. The molecule has 2 aromatic heterocycles. The van der Waals surface area contributed by atoms with Crippen molar-refractivity contribution >= 4 is 15.8 Å². The first kappa shape index (κ1) is 17.7. The van der Waals surface area contributed by atoms with Crippen molar-refractivity contribution in [1.29, 1.82) is 0 Å². The van der Waals surface area contributed by atoms with E-state index in [0.29, 0.717) is 18.8 Å². The molecule has 0 bridgehead atoms. The average Bonchev–Trinajstić information content (AvgIpc) is 3.35. The van der Waals surface area contributed by atoms with Gasteiger partial charge in [0.15, 0.2) is 5.03 Å². The van der Waals surface area contributed by atoms with E-state index in [0.717, 1.165) is 28.7 Å². The number of imidazole rings is 1. The van der Waals surface area contributed by atoms with Gasteiger partial charge in [-0.3, -0.25) is 0 Å². The Bertz CT molecular complexity index is 1090. The average molecular weight is 393 g/mol. The number of anilines is 1. The van der Waals surface area contributed by atoms with Crippen LogP contribution in [0.25, 0.3) is 0 Å². The molecule has 1 fully saturated rings. The number of aryl methyl sites for hydroxylation is 1. The number of nitrogens with zero attached hydrogens (tertiary/aromatic N) is 5. The van der Waals surface area contributed by atoms with Gasteiger partial charge in [-0.05, 0) is 31.0 Å². The third-order valence-electron chi connectivity index (χ3n) is 4.63. The monoisotopic (exact) mass is 393 g/mol. The molecule has 1 aliphatic rings. The molecule has 0 radical (unpaired) electrons. The normalized spacial score (nSPS) is 17.6. The minimum atomic E-state index is -4.00. The lowest BCUT2D eigenvalue weighted by molar-refractivity contribution is 0.556. The number of benzene rings is 1. The second kappa shape index (κ2) is 6.45. The fourth-order valence-electron chi connectivity index (χ4n) is 3.42. The highest BCUT2D eigenvalue weighted by molar-refractivity contribution is 7.89. The van der Waals surface area contributed by atoms with Gasteiger partial charge >= 0.3 is 10.0 Å². The number of aromatic nitrogens is 4. The summed E-state index contributed by atoms with van der Waals surface area (Å²) in [5.74, 6) is -0.758. The van der Waals surface area contributed by atoms with Crippen LogP contribution in [0.15, 0.2) is 48.0 Å². The van der Waals surface area contributed by atoms with E-state index in [1.165, 1.54) is 23.3 Å². The van der Waals surface area contributed by atoms with Crippen LogP contribution in [0.2, 0.25) is 0 Å². The van der Waals surface area contributed by atoms with Crippen LogP contribution in [-0.2, 0) is 17.1 Å².